The van der Waals surface area contributed by atoms with E-state index in [1.54, 1.807) is 18.2 Å². The summed E-state index contributed by atoms with van der Waals surface area (Å²) in [5.74, 6) is -1.62. The second-order valence-corrected chi connectivity index (χ2v) is 3.55. The number of rotatable bonds is 2. The minimum Gasteiger partial charge on any atom is -0.207 e. The van der Waals surface area contributed by atoms with Crippen LogP contribution in [0.5, 0.6) is 0 Å². The first-order chi connectivity index (χ1) is 8.15. The Morgan fingerprint density at radius 3 is 2.24 bits per heavy atom. The van der Waals surface area contributed by atoms with Gasteiger partial charge in [-0.3, -0.25) is 0 Å². The smallest absolute Gasteiger partial charge is 0.133 e. The zero-order valence-corrected chi connectivity index (χ0v) is 8.83. The minimum absolute atomic E-state index is 0.260. The molecule has 0 heterocycles. The molecular weight excluding hydrogens is 225 g/mol. The van der Waals surface area contributed by atoms with Crippen molar-refractivity contribution in [3.63, 3.8) is 0 Å². The van der Waals surface area contributed by atoms with E-state index in [1.807, 2.05) is 0 Å². The van der Waals surface area contributed by atoms with E-state index >= 15 is 0 Å². The molecule has 0 aliphatic carbocycles. The van der Waals surface area contributed by atoms with Gasteiger partial charge in [-0.1, -0.05) is 24.3 Å². The van der Waals surface area contributed by atoms with Gasteiger partial charge in [-0.25, -0.2) is 13.2 Å². The van der Waals surface area contributed by atoms with Gasteiger partial charge in [0.1, 0.15) is 17.5 Å². The van der Waals surface area contributed by atoms with Gasteiger partial charge in [-0.2, -0.15) is 0 Å². The summed E-state index contributed by atoms with van der Waals surface area (Å²) in [5.41, 5.74) is 0.879. The maximum atomic E-state index is 13.3. The molecule has 0 amide bonds. The molecule has 0 aliphatic heterocycles. The highest BCUT2D eigenvalue weighted by Crippen LogP contribution is 2.14. The maximum Gasteiger partial charge on any atom is 0.133 e. The summed E-state index contributed by atoms with van der Waals surface area (Å²) in [6, 6.07) is 9.24. The van der Waals surface area contributed by atoms with Crippen molar-refractivity contribution in [2.75, 3.05) is 0 Å². The molecule has 2 rings (SSSR count). The molecule has 86 valence electrons. The molecule has 0 aromatic heterocycles. The monoisotopic (exact) mass is 234 g/mol. The van der Waals surface area contributed by atoms with Gasteiger partial charge in [-0.15, -0.1) is 0 Å². The van der Waals surface area contributed by atoms with E-state index < -0.39 is 11.6 Å². The number of hydrogen-bond donors (Lipinski definition) is 0. The third kappa shape index (κ3) is 2.97. The SMILES string of the molecule is Fc1cccc(C=Cc2ccc(F)cc2F)c1. The lowest BCUT2D eigenvalue weighted by molar-refractivity contribution is 0.581. The Morgan fingerprint density at radius 1 is 0.765 bits per heavy atom. The standard InChI is InChI=1S/C14H9F3/c15-12-3-1-2-10(8-12)4-5-11-6-7-13(16)9-14(11)17/h1-9H. The molecule has 2 aromatic rings. The van der Waals surface area contributed by atoms with Crippen LogP contribution in [-0.2, 0) is 0 Å². The maximum absolute atomic E-state index is 13.3. The summed E-state index contributed by atoms with van der Waals surface area (Å²) >= 11 is 0. The fourth-order valence-corrected chi connectivity index (χ4v) is 1.43. The van der Waals surface area contributed by atoms with Gasteiger partial charge in [0.05, 0.1) is 0 Å². The Kier molecular flexibility index (Phi) is 3.28. The van der Waals surface area contributed by atoms with Crippen LogP contribution in [0.2, 0.25) is 0 Å². The summed E-state index contributed by atoms with van der Waals surface area (Å²) in [7, 11) is 0. The molecule has 3 heteroatoms. The molecule has 0 bridgehead atoms. The van der Waals surface area contributed by atoms with Crippen molar-refractivity contribution in [3.05, 3.63) is 71.0 Å². The van der Waals surface area contributed by atoms with Gasteiger partial charge in [-0.05, 0) is 29.8 Å². The lowest BCUT2D eigenvalue weighted by Gasteiger charge is -1.97. The zero-order chi connectivity index (χ0) is 12.3. The molecule has 0 nitrogen and oxygen atoms in total. The molecule has 0 radical (unpaired) electrons. The van der Waals surface area contributed by atoms with E-state index in [4.69, 9.17) is 0 Å². The van der Waals surface area contributed by atoms with Crippen LogP contribution in [0.4, 0.5) is 13.2 Å². The van der Waals surface area contributed by atoms with E-state index in [0.717, 1.165) is 6.07 Å². The fourth-order valence-electron chi connectivity index (χ4n) is 1.43. The van der Waals surface area contributed by atoms with Crippen molar-refractivity contribution in [2.45, 2.75) is 0 Å². The normalized spacial score (nSPS) is 11.0. The second-order valence-electron chi connectivity index (χ2n) is 3.55. The zero-order valence-electron chi connectivity index (χ0n) is 8.83. The Balaban J connectivity index is 2.26. The van der Waals surface area contributed by atoms with Crippen molar-refractivity contribution >= 4 is 12.2 Å². The van der Waals surface area contributed by atoms with Crippen molar-refractivity contribution in [1.29, 1.82) is 0 Å². The van der Waals surface area contributed by atoms with E-state index in [9.17, 15) is 13.2 Å². The Hall–Kier alpha value is -2.03. The Labute approximate surface area is 97.0 Å². The van der Waals surface area contributed by atoms with Gasteiger partial charge < -0.3 is 0 Å². The molecule has 0 N–H and O–H groups in total. The first kappa shape index (κ1) is 11.5. The Morgan fingerprint density at radius 2 is 1.53 bits per heavy atom. The summed E-state index contributed by atoms with van der Waals surface area (Å²) < 4.78 is 38.8. The van der Waals surface area contributed by atoms with Gasteiger partial charge >= 0.3 is 0 Å². The molecule has 17 heavy (non-hydrogen) atoms. The van der Waals surface area contributed by atoms with E-state index in [-0.39, 0.29) is 11.4 Å². The summed E-state index contributed by atoms with van der Waals surface area (Å²) in [5, 5.41) is 0. The van der Waals surface area contributed by atoms with Crippen LogP contribution >= 0.6 is 0 Å². The van der Waals surface area contributed by atoms with Crippen LogP contribution < -0.4 is 0 Å². The largest absolute Gasteiger partial charge is 0.207 e. The average Bonchev–Trinajstić information content (AvgIpc) is 2.28. The molecule has 0 spiro atoms. The molecule has 0 saturated heterocycles. The molecule has 2 aromatic carbocycles. The van der Waals surface area contributed by atoms with Gasteiger partial charge in [0.2, 0.25) is 0 Å². The minimum atomic E-state index is -0.641. The highest BCUT2D eigenvalue weighted by Gasteiger charge is 1.99. The van der Waals surface area contributed by atoms with E-state index in [2.05, 4.69) is 0 Å². The number of hydrogen-bond acceptors (Lipinski definition) is 0. The summed E-state index contributed by atoms with van der Waals surface area (Å²) in [6.07, 6.45) is 3.04. The molecule has 0 fully saturated rings. The van der Waals surface area contributed by atoms with Crippen LogP contribution in [0.3, 0.4) is 0 Å². The highest BCUT2D eigenvalue weighted by molar-refractivity contribution is 5.69. The molecule has 0 aliphatic rings. The van der Waals surface area contributed by atoms with Crippen LogP contribution in [0.15, 0.2) is 42.5 Å². The van der Waals surface area contributed by atoms with Crippen LogP contribution in [0, 0.1) is 17.5 Å². The number of benzene rings is 2. The number of halogens is 3. The van der Waals surface area contributed by atoms with Gasteiger partial charge in [0, 0.05) is 11.6 Å². The predicted molar refractivity (Wildman–Crippen MR) is 61.7 cm³/mol. The van der Waals surface area contributed by atoms with E-state index in [0.29, 0.717) is 5.56 Å². The quantitative estimate of drug-likeness (QED) is 0.680. The topological polar surface area (TPSA) is 0 Å². The summed E-state index contributed by atoms with van der Waals surface area (Å²) in [4.78, 5) is 0. The lowest BCUT2D eigenvalue weighted by Crippen LogP contribution is -1.83. The first-order valence-electron chi connectivity index (χ1n) is 5.04. The second kappa shape index (κ2) is 4.87. The summed E-state index contributed by atoms with van der Waals surface area (Å²) in [6.45, 7) is 0. The van der Waals surface area contributed by atoms with Gasteiger partial charge in [0.25, 0.3) is 0 Å². The molecule has 0 saturated carbocycles. The Bertz CT molecular complexity index is 559. The third-order valence-corrected chi connectivity index (χ3v) is 2.27. The van der Waals surface area contributed by atoms with Crippen LogP contribution in [0.1, 0.15) is 11.1 Å². The fraction of sp³-hybridized carbons (Fsp3) is 0. The van der Waals surface area contributed by atoms with Crippen LogP contribution in [-0.4, -0.2) is 0 Å². The lowest BCUT2D eigenvalue weighted by atomic mass is 10.1. The molecule has 0 atom stereocenters. The third-order valence-electron chi connectivity index (χ3n) is 2.27. The van der Waals surface area contributed by atoms with Crippen molar-refractivity contribution < 1.29 is 13.2 Å². The van der Waals surface area contributed by atoms with E-state index in [1.165, 1.54) is 30.3 Å². The molecular formula is C14H9F3. The molecule has 0 unspecified atom stereocenters. The van der Waals surface area contributed by atoms with Crippen molar-refractivity contribution in [1.82, 2.24) is 0 Å². The average molecular weight is 234 g/mol. The van der Waals surface area contributed by atoms with Crippen molar-refractivity contribution in [2.24, 2.45) is 0 Å². The first-order valence-corrected chi connectivity index (χ1v) is 5.04. The van der Waals surface area contributed by atoms with Gasteiger partial charge in [0.15, 0.2) is 0 Å². The van der Waals surface area contributed by atoms with Crippen molar-refractivity contribution in [3.8, 4) is 0 Å². The van der Waals surface area contributed by atoms with Crippen LogP contribution in [0.25, 0.3) is 12.2 Å². The predicted octanol–water partition coefficient (Wildman–Crippen LogP) is 4.27. The highest BCUT2D eigenvalue weighted by atomic mass is 19.1.